The van der Waals surface area contributed by atoms with Crippen LogP contribution in [0.15, 0.2) is 44.9 Å². The smallest absolute Gasteiger partial charge is 0.330 e. The van der Waals surface area contributed by atoms with Crippen LogP contribution in [0.3, 0.4) is 0 Å². The number of aromatic amines is 1. The van der Waals surface area contributed by atoms with Crippen LogP contribution in [0.5, 0.6) is 5.75 Å². The molecule has 0 spiro atoms. The molecule has 1 aliphatic heterocycles. The summed E-state index contributed by atoms with van der Waals surface area (Å²) in [5.74, 6) is 5.94. The monoisotopic (exact) mass is 450 g/mol. The van der Waals surface area contributed by atoms with E-state index >= 15 is 0 Å². The van der Waals surface area contributed by atoms with E-state index in [1.165, 1.54) is 18.3 Å². The Morgan fingerprint density at radius 1 is 1.29 bits per heavy atom. The minimum absolute atomic E-state index is 0.0441. The molecule has 3 N–H and O–H groups in total. The Labute approximate surface area is 178 Å². The van der Waals surface area contributed by atoms with Crippen molar-refractivity contribution in [3.8, 4) is 17.6 Å². The number of aliphatic hydroxyl groups excluding tert-OH is 2. The lowest BCUT2D eigenvalue weighted by Crippen LogP contribution is -2.33. The zero-order valence-electron chi connectivity index (χ0n) is 16.6. The van der Waals surface area contributed by atoms with Gasteiger partial charge in [-0.1, -0.05) is 11.8 Å². The van der Waals surface area contributed by atoms with Crippen molar-refractivity contribution >= 4 is 9.84 Å². The van der Waals surface area contributed by atoms with E-state index in [0.29, 0.717) is 5.75 Å². The summed E-state index contributed by atoms with van der Waals surface area (Å²) in [7, 11) is -3.27. The van der Waals surface area contributed by atoms with Crippen LogP contribution in [0.1, 0.15) is 24.6 Å². The number of aliphatic hydroxyl groups is 2. The highest BCUT2D eigenvalue weighted by Crippen LogP contribution is 2.27. The molecule has 2 aromatic rings. The zero-order valence-corrected chi connectivity index (χ0v) is 17.5. The third-order valence-electron chi connectivity index (χ3n) is 4.63. The van der Waals surface area contributed by atoms with E-state index in [1.54, 1.807) is 12.1 Å². The van der Waals surface area contributed by atoms with Crippen LogP contribution in [-0.2, 0) is 14.6 Å². The topological polar surface area (TPSA) is 148 Å². The van der Waals surface area contributed by atoms with Gasteiger partial charge in [-0.3, -0.25) is 14.3 Å². The predicted octanol–water partition coefficient (Wildman–Crippen LogP) is -0.599. The van der Waals surface area contributed by atoms with Gasteiger partial charge >= 0.3 is 5.69 Å². The molecular formula is C20H22N2O8S. The van der Waals surface area contributed by atoms with Crippen molar-refractivity contribution < 1.29 is 28.1 Å². The van der Waals surface area contributed by atoms with Crippen LogP contribution in [-0.4, -0.2) is 59.9 Å². The number of nitrogens with one attached hydrogen (secondary N) is 1. The molecule has 11 heteroatoms. The van der Waals surface area contributed by atoms with Crippen molar-refractivity contribution in [3.05, 3.63) is 56.9 Å². The van der Waals surface area contributed by atoms with Gasteiger partial charge in [0.1, 0.15) is 23.6 Å². The first-order valence-electron chi connectivity index (χ1n) is 9.40. The van der Waals surface area contributed by atoms with Gasteiger partial charge in [0.2, 0.25) is 0 Å². The Morgan fingerprint density at radius 3 is 2.61 bits per heavy atom. The Hall–Kier alpha value is -2.91. The second-order valence-corrected chi connectivity index (χ2v) is 8.98. The number of hydrogen-bond donors (Lipinski definition) is 3. The van der Waals surface area contributed by atoms with Gasteiger partial charge in [0, 0.05) is 25.3 Å². The van der Waals surface area contributed by atoms with Crippen LogP contribution < -0.4 is 16.0 Å². The van der Waals surface area contributed by atoms with E-state index in [2.05, 4.69) is 16.8 Å². The molecule has 0 amide bonds. The van der Waals surface area contributed by atoms with Crippen LogP contribution in [0.4, 0.5) is 0 Å². The molecule has 0 saturated carbocycles. The molecule has 0 radical (unpaired) electrons. The first kappa shape index (κ1) is 22.8. The first-order valence-corrected chi connectivity index (χ1v) is 11.3. The molecule has 1 fully saturated rings. The van der Waals surface area contributed by atoms with Gasteiger partial charge in [0.25, 0.3) is 5.56 Å². The molecule has 166 valence electrons. The highest BCUT2D eigenvalue weighted by molar-refractivity contribution is 7.90. The number of aromatic nitrogens is 2. The summed E-state index contributed by atoms with van der Waals surface area (Å²) in [5, 5.41) is 19.0. The SMILES string of the molecule is CS(=O)(=O)c1ccc(OCCC#Cc2cn([C@H]3C[C@H](O)[C@@H](CO)O3)c(=O)[nH]c2=O)cc1. The molecule has 1 aliphatic rings. The lowest BCUT2D eigenvalue weighted by Gasteiger charge is -2.14. The summed E-state index contributed by atoms with van der Waals surface area (Å²) >= 11 is 0. The number of rotatable bonds is 6. The van der Waals surface area contributed by atoms with E-state index < -0.39 is 39.5 Å². The summed E-state index contributed by atoms with van der Waals surface area (Å²) in [6.07, 6.45) is 0.197. The highest BCUT2D eigenvalue weighted by Gasteiger charge is 2.35. The molecule has 3 rings (SSSR count). The Morgan fingerprint density at radius 2 is 2.00 bits per heavy atom. The van der Waals surface area contributed by atoms with Crippen molar-refractivity contribution in [1.29, 1.82) is 0 Å². The van der Waals surface area contributed by atoms with Gasteiger partial charge in [0.15, 0.2) is 9.84 Å². The fraction of sp³-hybridized carbons (Fsp3) is 0.400. The molecule has 31 heavy (non-hydrogen) atoms. The van der Waals surface area contributed by atoms with E-state index in [4.69, 9.17) is 9.47 Å². The standard InChI is InChI=1S/C20H22N2O8S/c1-31(27,28)15-7-5-14(6-8-15)29-9-3-2-4-13-11-22(20(26)21-19(13)25)18-10-16(24)17(12-23)30-18/h5-8,11,16-18,23-24H,3,9-10,12H2,1H3,(H,21,25,26)/t16-,17+,18+/m0/s1. The maximum absolute atomic E-state index is 12.1. The molecule has 3 atom stereocenters. The molecule has 1 saturated heterocycles. The van der Waals surface area contributed by atoms with Crippen LogP contribution >= 0.6 is 0 Å². The van der Waals surface area contributed by atoms with Crippen LogP contribution in [0, 0.1) is 11.8 Å². The quantitative estimate of drug-likeness (QED) is 0.390. The number of benzene rings is 1. The summed E-state index contributed by atoms with van der Waals surface area (Å²) < 4.78 is 34.9. The average molecular weight is 450 g/mol. The fourth-order valence-electron chi connectivity index (χ4n) is 3.00. The minimum atomic E-state index is -3.27. The lowest BCUT2D eigenvalue weighted by atomic mass is 10.2. The molecular weight excluding hydrogens is 428 g/mol. The molecule has 0 aliphatic carbocycles. The lowest BCUT2D eigenvalue weighted by molar-refractivity contribution is -0.0459. The first-order chi connectivity index (χ1) is 14.7. The molecule has 0 unspecified atom stereocenters. The van der Waals surface area contributed by atoms with E-state index in [9.17, 15) is 28.2 Å². The van der Waals surface area contributed by atoms with Crippen molar-refractivity contribution in [3.63, 3.8) is 0 Å². The molecule has 2 heterocycles. The molecule has 1 aromatic heterocycles. The van der Waals surface area contributed by atoms with Gasteiger partial charge < -0.3 is 19.7 Å². The van der Waals surface area contributed by atoms with Crippen LogP contribution in [0.25, 0.3) is 0 Å². The fourth-order valence-corrected chi connectivity index (χ4v) is 3.63. The van der Waals surface area contributed by atoms with Gasteiger partial charge in [-0.05, 0) is 24.3 Å². The van der Waals surface area contributed by atoms with Gasteiger partial charge in [0.05, 0.1) is 24.2 Å². The second kappa shape index (κ2) is 9.49. The van der Waals surface area contributed by atoms with E-state index in [-0.39, 0.29) is 36.5 Å². The Kier molecular flexibility index (Phi) is 6.97. The Bertz CT molecular complexity index is 1200. The third kappa shape index (κ3) is 5.62. The predicted molar refractivity (Wildman–Crippen MR) is 109 cm³/mol. The summed E-state index contributed by atoms with van der Waals surface area (Å²) in [6.45, 7) is -0.182. The highest BCUT2D eigenvalue weighted by atomic mass is 32.2. The normalized spacial score (nSPS) is 20.8. The number of ether oxygens (including phenoxy) is 2. The zero-order chi connectivity index (χ0) is 22.6. The van der Waals surface area contributed by atoms with E-state index in [0.717, 1.165) is 10.8 Å². The van der Waals surface area contributed by atoms with Gasteiger partial charge in [-0.2, -0.15) is 0 Å². The maximum Gasteiger partial charge on any atom is 0.330 e. The summed E-state index contributed by atoms with van der Waals surface area (Å²) in [4.78, 5) is 26.4. The summed E-state index contributed by atoms with van der Waals surface area (Å²) in [5.41, 5.74) is -1.31. The number of sulfone groups is 1. The van der Waals surface area contributed by atoms with Crippen molar-refractivity contribution in [2.24, 2.45) is 0 Å². The van der Waals surface area contributed by atoms with E-state index in [1.807, 2.05) is 0 Å². The second-order valence-electron chi connectivity index (χ2n) is 6.97. The van der Waals surface area contributed by atoms with Crippen molar-refractivity contribution in [1.82, 2.24) is 9.55 Å². The number of H-pyrrole nitrogens is 1. The molecule has 0 bridgehead atoms. The maximum atomic E-state index is 12.1. The average Bonchev–Trinajstić information content (AvgIpc) is 3.09. The van der Waals surface area contributed by atoms with Gasteiger partial charge in [-0.15, -0.1) is 0 Å². The van der Waals surface area contributed by atoms with Gasteiger partial charge in [-0.25, -0.2) is 13.2 Å². The Balaban J connectivity index is 1.63. The summed E-state index contributed by atoms with van der Waals surface area (Å²) in [6, 6.07) is 5.98. The molecule has 10 nitrogen and oxygen atoms in total. The van der Waals surface area contributed by atoms with Crippen LogP contribution in [0.2, 0.25) is 0 Å². The van der Waals surface area contributed by atoms with Crippen molar-refractivity contribution in [2.45, 2.75) is 36.2 Å². The largest absolute Gasteiger partial charge is 0.493 e. The molecule has 1 aromatic carbocycles. The third-order valence-corrected chi connectivity index (χ3v) is 5.76. The minimum Gasteiger partial charge on any atom is -0.493 e. The van der Waals surface area contributed by atoms with Crippen molar-refractivity contribution in [2.75, 3.05) is 19.5 Å². The number of hydrogen-bond acceptors (Lipinski definition) is 8. The number of nitrogens with zero attached hydrogens (tertiary/aromatic N) is 1.